The van der Waals surface area contributed by atoms with Crippen molar-refractivity contribution in [1.29, 1.82) is 0 Å². The van der Waals surface area contributed by atoms with E-state index in [1.165, 1.54) is 0 Å². The molecule has 0 bridgehead atoms. The van der Waals surface area contributed by atoms with Crippen LogP contribution in [0.15, 0.2) is 48.5 Å². The van der Waals surface area contributed by atoms with Gasteiger partial charge >= 0.3 is 0 Å². The van der Waals surface area contributed by atoms with Gasteiger partial charge in [-0.2, -0.15) is 0 Å². The van der Waals surface area contributed by atoms with E-state index in [9.17, 15) is 5.11 Å². The molecule has 110 valence electrons. The minimum atomic E-state index is -0.651. The van der Waals surface area contributed by atoms with Crippen molar-refractivity contribution in [3.05, 3.63) is 54.4 Å². The molecule has 4 aromatic rings. The molecule has 4 rings (SSSR count). The van der Waals surface area contributed by atoms with Crippen molar-refractivity contribution < 1.29 is 5.11 Å². The van der Waals surface area contributed by atoms with Crippen LogP contribution in [0.3, 0.4) is 0 Å². The fraction of sp³-hybridized carbons (Fsp3) is 0.188. The molecule has 0 saturated heterocycles. The summed E-state index contributed by atoms with van der Waals surface area (Å²) in [6.07, 6.45) is -0.651. The number of nitrogens with zero attached hydrogens (tertiary/aromatic N) is 5. The van der Waals surface area contributed by atoms with Gasteiger partial charge in [0.25, 0.3) is 0 Å². The molecule has 0 aliphatic heterocycles. The van der Waals surface area contributed by atoms with E-state index in [1.54, 1.807) is 6.92 Å². The number of benzene rings is 2. The molecule has 2 heterocycles. The molecule has 1 atom stereocenters. The van der Waals surface area contributed by atoms with Gasteiger partial charge in [-0.3, -0.25) is 0 Å². The predicted octanol–water partition coefficient (Wildman–Crippen LogP) is 2.34. The number of rotatable bonds is 3. The Morgan fingerprint density at radius 3 is 2.45 bits per heavy atom. The Bertz CT molecular complexity index is 953. The topological polar surface area (TPSA) is 68.8 Å². The molecule has 2 aromatic heterocycles. The van der Waals surface area contributed by atoms with Crippen LogP contribution in [0.25, 0.3) is 22.1 Å². The molecule has 0 spiro atoms. The summed E-state index contributed by atoms with van der Waals surface area (Å²) < 4.78 is 3.79. The van der Waals surface area contributed by atoms with Gasteiger partial charge in [0.2, 0.25) is 0 Å². The normalized spacial score (nSPS) is 13.0. The van der Waals surface area contributed by atoms with Gasteiger partial charge in [-0.05, 0) is 31.2 Å². The second-order valence-electron chi connectivity index (χ2n) is 5.28. The quantitative estimate of drug-likeness (QED) is 0.629. The van der Waals surface area contributed by atoms with Gasteiger partial charge < -0.3 is 9.67 Å². The van der Waals surface area contributed by atoms with Crippen molar-refractivity contribution in [1.82, 2.24) is 24.5 Å². The van der Waals surface area contributed by atoms with Crippen LogP contribution < -0.4 is 0 Å². The lowest BCUT2D eigenvalue weighted by atomic mass is 10.3. The summed E-state index contributed by atoms with van der Waals surface area (Å²) in [5.74, 6) is 0.626. The van der Waals surface area contributed by atoms with E-state index in [0.29, 0.717) is 12.5 Å². The van der Waals surface area contributed by atoms with Gasteiger partial charge in [-0.25, -0.2) is 9.67 Å². The van der Waals surface area contributed by atoms with Gasteiger partial charge in [-0.15, -0.1) is 5.10 Å². The molecule has 2 aromatic carbocycles. The van der Waals surface area contributed by atoms with Gasteiger partial charge in [0.15, 0.2) is 0 Å². The summed E-state index contributed by atoms with van der Waals surface area (Å²) >= 11 is 0. The lowest BCUT2D eigenvalue weighted by molar-refractivity contribution is 0.183. The Morgan fingerprint density at radius 1 is 1.00 bits per heavy atom. The van der Waals surface area contributed by atoms with Crippen LogP contribution in [-0.4, -0.2) is 29.7 Å². The first-order chi connectivity index (χ1) is 10.7. The van der Waals surface area contributed by atoms with Crippen molar-refractivity contribution in [2.75, 3.05) is 0 Å². The van der Waals surface area contributed by atoms with E-state index in [1.807, 2.05) is 57.8 Å². The first kappa shape index (κ1) is 13.0. The van der Waals surface area contributed by atoms with Gasteiger partial charge in [-0.1, -0.05) is 29.5 Å². The number of imidazole rings is 1. The highest BCUT2D eigenvalue weighted by atomic mass is 16.3. The molecular formula is C16H15N5O. The molecule has 1 N–H and O–H groups in total. The monoisotopic (exact) mass is 293 g/mol. The molecule has 0 fully saturated rings. The van der Waals surface area contributed by atoms with Crippen molar-refractivity contribution >= 4 is 22.1 Å². The standard InChI is InChI=1S/C16H15N5O/c1-11(22)16-17-12-6-2-4-8-14(12)20(16)10-21-15-9-5-3-7-13(15)18-19-21/h2-9,11,22H,10H2,1H3/t11-/m0/s1. The summed E-state index contributed by atoms with van der Waals surface area (Å²) in [6, 6.07) is 15.7. The molecule has 6 heteroatoms. The summed E-state index contributed by atoms with van der Waals surface area (Å²) in [7, 11) is 0. The van der Waals surface area contributed by atoms with Crippen molar-refractivity contribution in [2.45, 2.75) is 19.7 Å². The van der Waals surface area contributed by atoms with Crippen LogP contribution in [0.4, 0.5) is 0 Å². The average molecular weight is 293 g/mol. The van der Waals surface area contributed by atoms with Crippen molar-refractivity contribution in [3.8, 4) is 0 Å². The number of hydrogen-bond donors (Lipinski definition) is 1. The number of aromatic nitrogens is 5. The highest BCUT2D eigenvalue weighted by Crippen LogP contribution is 2.21. The zero-order valence-electron chi connectivity index (χ0n) is 12.1. The molecule has 0 amide bonds. The fourth-order valence-electron chi connectivity index (χ4n) is 2.72. The summed E-state index contributed by atoms with van der Waals surface area (Å²) in [6.45, 7) is 2.18. The lowest BCUT2D eigenvalue weighted by Gasteiger charge is -2.11. The molecule has 0 aliphatic rings. The summed E-state index contributed by atoms with van der Waals surface area (Å²) in [4.78, 5) is 4.52. The van der Waals surface area contributed by atoms with Crippen LogP contribution >= 0.6 is 0 Å². The van der Waals surface area contributed by atoms with Gasteiger partial charge in [0.1, 0.15) is 24.1 Å². The maximum atomic E-state index is 10.0. The number of aliphatic hydroxyl groups is 1. The molecule has 0 unspecified atom stereocenters. The van der Waals surface area contributed by atoms with Crippen LogP contribution in [0.1, 0.15) is 18.9 Å². The maximum absolute atomic E-state index is 10.0. The fourth-order valence-corrected chi connectivity index (χ4v) is 2.72. The number of para-hydroxylation sites is 3. The first-order valence-corrected chi connectivity index (χ1v) is 7.15. The molecule has 0 saturated carbocycles. The Kier molecular flexibility index (Phi) is 2.90. The second-order valence-corrected chi connectivity index (χ2v) is 5.28. The number of aliphatic hydroxyl groups excluding tert-OH is 1. The number of fused-ring (bicyclic) bond motifs is 2. The summed E-state index contributed by atoms with van der Waals surface area (Å²) in [5.41, 5.74) is 3.64. The van der Waals surface area contributed by atoms with E-state index < -0.39 is 6.10 Å². The maximum Gasteiger partial charge on any atom is 0.140 e. The van der Waals surface area contributed by atoms with Crippen molar-refractivity contribution in [2.24, 2.45) is 0 Å². The van der Waals surface area contributed by atoms with E-state index in [4.69, 9.17) is 0 Å². The third-order valence-electron chi connectivity index (χ3n) is 3.75. The number of hydrogen-bond acceptors (Lipinski definition) is 4. The highest BCUT2D eigenvalue weighted by Gasteiger charge is 2.15. The molecular weight excluding hydrogens is 278 g/mol. The van der Waals surface area contributed by atoms with E-state index >= 15 is 0 Å². The zero-order valence-corrected chi connectivity index (χ0v) is 12.1. The average Bonchev–Trinajstić information content (AvgIpc) is 3.10. The van der Waals surface area contributed by atoms with E-state index in [0.717, 1.165) is 22.1 Å². The molecule has 0 radical (unpaired) electrons. The Morgan fingerprint density at radius 2 is 1.68 bits per heavy atom. The third kappa shape index (κ3) is 1.96. The minimum Gasteiger partial charge on any atom is -0.385 e. The van der Waals surface area contributed by atoms with Gasteiger partial charge in [0, 0.05) is 0 Å². The third-order valence-corrected chi connectivity index (χ3v) is 3.75. The van der Waals surface area contributed by atoms with Crippen LogP contribution in [0, 0.1) is 0 Å². The zero-order chi connectivity index (χ0) is 15.1. The van der Waals surface area contributed by atoms with Crippen LogP contribution in [-0.2, 0) is 6.67 Å². The molecule has 22 heavy (non-hydrogen) atoms. The lowest BCUT2D eigenvalue weighted by Crippen LogP contribution is -2.14. The molecule has 0 aliphatic carbocycles. The van der Waals surface area contributed by atoms with Crippen LogP contribution in [0.5, 0.6) is 0 Å². The Hall–Kier alpha value is -2.73. The van der Waals surface area contributed by atoms with E-state index in [-0.39, 0.29) is 0 Å². The Balaban J connectivity index is 1.88. The first-order valence-electron chi connectivity index (χ1n) is 7.15. The van der Waals surface area contributed by atoms with E-state index in [2.05, 4.69) is 15.3 Å². The van der Waals surface area contributed by atoms with Crippen LogP contribution in [0.2, 0.25) is 0 Å². The summed E-state index contributed by atoms with van der Waals surface area (Å²) in [5, 5.41) is 18.4. The highest BCUT2D eigenvalue weighted by molar-refractivity contribution is 5.76. The minimum absolute atomic E-state index is 0.460. The smallest absolute Gasteiger partial charge is 0.140 e. The Labute approximate surface area is 126 Å². The van der Waals surface area contributed by atoms with Gasteiger partial charge in [0.05, 0.1) is 16.6 Å². The largest absolute Gasteiger partial charge is 0.385 e. The predicted molar refractivity (Wildman–Crippen MR) is 83.3 cm³/mol. The molecule has 6 nitrogen and oxygen atoms in total. The SMILES string of the molecule is C[C@H](O)c1nc2ccccc2n1Cn1nnc2ccccc21. The van der Waals surface area contributed by atoms with Crippen molar-refractivity contribution in [3.63, 3.8) is 0 Å². The second kappa shape index (κ2) is 4.92.